The van der Waals surface area contributed by atoms with Crippen molar-refractivity contribution in [2.45, 2.75) is 117 Å². The molecule has 0 atom stereocenters. The van der Waals surface area contributed by atoms with E-state index in [4.69, 9.17) is 29.9 Å². The van der Waals surface area contributed by atoms with Gasteiger partial charge in [-0.25, -0.2) is 29.9 Å². The van der Waals surface area contributed by atoms with E-state index in [-0.39, 0.29) is 16.2 Å². The molecule has 0 radical (unpaired) electrons. The average Bonchev–Trinajstić information content (AvgIpc) is 1.57. The summed E-state index contributed by atoms with van der Waals surface area (Å²) in [5, 5.41) is 7.64. The van der Waals surface area contributed by atoms with Crippen LogP contribution in [-0.4, -0.2) is 48.2 Å². The highest BCUT2D eigenvalue weighted by atomic mass is 19.4. The summed E-state index contributed by atoms with van der Waals surface area (Å²) in [5.74, 6) is 2.41. The molecule has 0 unspecified atom stereocenters. The van der Waals surface area contributed by atoms with Gasteiger partial charge in [0, 0.05) is 98.7 Å². The summed E-state index contributed by atoms with van der Waals surface area (Å²) in [6.45, 7) is 24.3. The number of hydrogen-bond donors (Lipinski definition) is 0. The summed E-state index contributed by atoms with van der Waals surface area (Å²) in [6.07, 6.45) is -8.95. The summed E-state index contributed by atoms with van der Waals surface area (Å²) in [4.78, 5) is 32.0. The minimum absolute atomic E-state index is 0.227. The van der Waals surface area contributed by atoms with E-state index in [2.05, 4.69) is 258 Å². The largest absolute Gasteiger partial charge is 0.416 e. The van der Waals surface area contributed by atoms with Crippen LogP contribution in [0.15, 0.2) is 406 Å². The molecule has 0 fully saturated rings. The van der Waals surface area contributed by atoms with Crippen molar-refractivity contribution < 1.29 is 26.3 Å². The third-order valence-corrected chi connectivity index (χ3v) is 29.4. The molecule has 6 heterocycles. The second-order valence-corrected chi connectivity index (χ2v) is 42.6. The van der Waals surface area contributed by atoms with Crippen molar-refractivity contribution in [1.29, 1.82) is 0 Å². The summed E-state index contributed by atoms with van der Waals surface area (Å²) >= 11 is 0. The Kier molecular flexibility index (Phi) is 22.4. The molecule has 0 saturated carbocycles. The fourth-order valence-electron chi connectivity index (χ4n) is 21.6. The van der Waals surface area contributed by atoms with Crippen LogP contribution in [0.4, 0.5) is 26.3 Å². The summed E-state index contributed by atoms with van der Waals surface area (Å²) < 4.78 is 105. The standard InChI is InChI=1S/C132H102F6N10/c1-127(2,3)91-52-62-115-105(73-91)106-74-92(128(4,5)6)53-63-116(106)146(115)114-67-57-96(132(136,137)138)78-104(114)100-59-48-89(125-141-121(83-37-21-14-22-38-83)139-122(142-125)84-39-23-15-24-40-84)72-120(100)148-117-64-54-93(129(7,8)9)75-107(117)108-76-94(55-65-118(108)148)130(10,11)79-80-32-31-43-88(68-80)124-140-123(85-41-25-16-26-42-85)143-126(144-124)90-49-58-99(119(71-90)147-110-47-30-28-45-98(110)102-70-87(51-61-112(102)147)82-35-19-13-20-36-82)103-77-95(131(133,134)135)56-66-113(103)145-109-46-29-27-44-97(109)101-69-86(50-60-111(101)145)81-33-17-12-18-34-81/h12-78H,79H2,1-11H3. The van der Waals surface area contributed by atoms with E-state index >= 15 is 26.3 Å². The number of benzene rings is 18. The molecular weight excluding hydrogens is 1840 g/mol. The van der Waals surface area contributed by atoms with Crippen LogP contribution in [-0.2, 0) is 40.4 Å². The van der Waals surface area contributed by atoms with Gasteiger partial charge in [0.05, 0.1) is 78.0 Å². The van der Waals surface area contributed by atoms with Gasteiger partial charge in [0.25, 0.3) is 0 Å². The summed E-state index contributed by atoms with van der Waals surface area (Å²) in [7, 11) is 0. The van der Waals surface area contributed by atoms with Gasteiger partial charge < -0.3 is 18.3 Å². The zero-order chi connectivity index (χ0) is 102. The Bertz CT molecular complexity index is 9290. The lowest BCUT2D eigenvalue weighted by atomic mass is 9.78. The van der Waals surface area contributed by atoms with E-state index < -0.39 is 28.9 Å². The number of alkyl halides is 6. The number of hydrogen-bond acceptors (Lipinski definition) is 6. The minimum Gasteiger partial charge on any atom is -0.309 e. The molecule has 0 bridgehead atoms. The van der Waals surface area contributed by atoms with E-state index in [1.165, 1.54) is 24.3 Å². The zero-order valence-corrected chi connectivity index (χ0v) is 83.6. The number of para-hydroxylation sites is 2. The molecule has 10 nitrogen and oxygen atoms in total. The van der Waals surface area contributed by atoms with Crippen molar-refractivity contribution in [1.82, 2.24) is 48.2 Å². The van der Waals surface area contributed by atoms with Crippen molar-refractivity contribution in [3.63, 3.8) is 0 Å². The maximum absolute atomic E-state index is 16.2. The molecule has 0 N–H and O–H groups in total. The molecule has 0 aliphatic rings. The van der Waals surface area contributed by atoms with Crippen LogP contribution in [0.5, 0.6) is 0 Å². The van der Waals surface area contributed by atoms with Crippen LogP contribution >= 0.6 is 0 Å². The summed E-state index contributed by atoms with van der Waals surface area (Å²) in [6, 6.07) is 134. The fraction of sp³-hybridized carbons (Fsp3) is 0.136. The molecule has 0 amide bonds. The van der Waals surface area contributed by atoms with Crippen molar-refractivity contribution >= 4 is 87.2 Å². The van der Waals surface area contributed by atoms with Gasteiger partial charge in [-0.2, -0.15) is 26.3 Å². The number of fused-ring (bicyclic) bond motifs is 12. The molecule has 0 aliphatic carbocycles. The highest BCUT2D eigenvalue weighted by molar-refractivity contribution is 6.15. The lowest BCUT2D eigenvalue weighted by Gasteiger charge is -2.26. The molecule has 16 heteroatoms. The minimum atomic E-state index is -4.75. The van der Waals surface area contributed by atoms with E-state index in [1.54, 1.807) is 12.1 Å². The first-order valence-electron chi connectivity index (χ1n) is 50.1. The van der Waals surface area contributed by atoms with Crippen molar-refractivity contribution in [2.75, 3.05) is 0 Å². The zero-order valence-electron chi connectivity index (χ0n) is 83.6. The first-order chi connectivity index (χ1) is 71.2. The fourth-order valence-corrected chi connectivity index (χ4v) is 21.6. The SMILES string of the molecule is CC(C)(C)c1ccc2c(c1)c1cc(C(C)(C)C)ccc1n2-c1ccc(C(F)(F)F)cc1-c1ccc(-c2nc(-c3ccccc3)nc(-c3ccccc3)n2)cc1-n1c2ccc(C(C)(C)C)cc2c2cc(C(C)(C)Cc3cccc(-c4nc(-c5ccccc5)nc(-c5ccc(-c6cc(C(F)(F)F)ccc6-n6c7ccccc7c7cc(-c8ccccc8)ccc76)c(-n6c7ccccc7c7cc(-c8ccccc8)ccc76)c5)n4)c3)ccc21. The Labute approximate surface area is 853 Å². The van der Waals surface area contributed by atoms with Crippen LogP contribution in [0, 0.1) is 0 Å². The summed E-state index contributed by atoms with van der Waals surface area (Å²) in [5.41, 5.74) is 21.4. The number of halogens is 6. The van der Waals surface area contributed by atoms with Crippen LogP contribution in [0.1, 0.15) is 115 Å². The predicted octanol–water partition coefficient (Wildman–Crippen LogP) is 35.6. The maximum Gasteiger partial charge on any atom is 0.416 e. The van der Waals surface area contributed by atoms with Crippen LogP contribution < -0.4 is 0 Å². The molecule has 24 aromatic rings. The van der Waals surface area contributed by atoms with Crippen LogP contribution in [0.3, 0.4) is 0 Å². The lowest BCUT2D eigenvalue weighted by Crippen LogP contribution is -2.20. The van der Waals surface area contributed by atoms with Gasteiger partial charge in [-0.1, -0.05) is 343 Å². The molecule has 24 rings (SSSR count). The lowest BCUT2D eigenvalue weighted by molar-refractivity contribution is -0.138. The van der Waals surface area contributed by atoms with Gasteiger partial charge in [-0.15, -0.1) is 0 Å². The van der Waals surface area contributed by atoms with Gasteiger partial charge in [-0.3, -0.25) is 0 Å². The van der Waals surface area contributed by atoms with Gasteiger partial charge in [-0.05, 0) is 218 Å². The van der Waals surface area contributed by atoms with Gasteiger partial charge in [0.1, 0.15) is 0 Å². The first-order valence-corrected chi connectivity index (χ1v) is 50.1. The second kappa shape index (κ2) is 35.6. The van der Waals surface area contributed by atoms with Gasteiger partial charge in [0.15, 0.2) is 34.9 Å². The van der Waals surface area contributed by atoms with Gasteiger partial charge in [0.2, 0.25) is 0 Å². The maximum atomic E-state index is 16.2. The quantitative estimate of drug-likeness (QED) is 0.0843. The number of rotatable bonds is 17. The number of nitrogens with zero attached hydrogens (tertiary/aromatic N) is 10. The molecule has 722 valence electrons. The van der Waals surface area contributed by atoms with Crippen molar-refractivity contribution in [3.05, 3.63) is 445 Å². The van der Waals surface area contributed by atoms with Crippen molar-refractivity contribution in [3.8, 4) is 136 Å². The number of aromatic nitrogens is 10. The van der Waals surface area contributed by atoms with E-state index in [9.17, 15) is 0 Å². The van der Waals surface area contributed by atoms with E-state index in [0.29, 0.717) is 97.5 Å². The molecule has 0 saturated heterocycles. The Hall–Kier alpha value is -17.2. The van der Waals surface area contributed by atoms with Gasteiger partial charge >= 0.3 is 12.4 Å². The molecule has 0 spiro atoms. The Morgan fingerprint density at radius 2 is 0.446 bits per heavy atom. The molecule has 148 heavy (non-hydrogen) atoms. The smallest absolute Gasteiger partial charge is 0.309 e. The average molecular weight is 1940 g/mol. The third kappa shape index (κ3) is 16.8. The monoisotopic (exact) mass is 1940 g/mol. The predicted molar refractivity (Wildman–Crippen MR) is 594 cm³/mol. The second-order valence-electron chi connectivity index (χ2n) is 42.6. The Balaban J connectivity index is 0.672. The van der Waals surface area contributed by atoms with Crippen LogP contribution in [0.25, 0.3) is 223 Å². The van der Waals surface area contributed by atoms with E-state index in [1.807, 2.05) is 206 Å². The first kappa shape index (κ1) is 93.1. The molecule has 18 aromatic carbocycles. The Morgan fingerprint density at radius 3 is 0.791 bits per heavy atom. The van der Waals surface area contributed by atoms with Crippen molar-refractivity contribution in [2.24, 2.45) is 0 Å². The van der Waals surface area contributed by atoms with Crippen LogP contribution in [0.2, 0.25) is 0 Å². The Morgan fingerprint density at radius 1 is 0.182 bits per heavy atom. The molecular formula is C132H102F6N10. The van der Waals surface area contributed by atoms with E-state index in [0.717, 1.165) is 160 Å². The normalized spacial score (nSPS) is 12.5. The topological polar surface area (TPSA) is 97.1 Å². The molecule has 0 aliphatic heterocycles. The third-order valence-electron chi connectivity index (χ3n) is 29.4. The highest BCUT2D eigenvalue weighted by Gasteiger charge is 2.37. The molecule has 6 aromatic heterocycles. The highest BCUT2D eigenvalue weighted by Crippen LogP contribution is 2.51.